The summed E-state index contributed by atoms with van der Waals surface area (Å²) in [5.74, 6) is -1.34. The van der Waals surface area contributed by atoms with Crippen LogP contribution >= 0.6 is 23.4 Å². The number of amides is 1. The third-order valence-corrected chi connectivity index (χ3v) is 7.00. The third kappa shape index (κ3) is 6.70. The van der Waals surface area contributed by atoms with E-state index in [4.69, 9.17) is 21.1 Å². The highest BCUT2D eigenvalue weighted by Crippen LogP contribution is 2.41. The van der Waals surface area contributed by atoms with Crippen molar-refractivity contribution in [2.45, 2.75) is 26.7 Å². The molecule has 0 aliphatic carbocycles. The van der Waals surface area contributed by atoms with Crippen LogP contribution in [0.3, 0.4) is 0 Å². The van der Waals surface area contributed by atoms with E-state index in [1.54, 1.807) is 31.2 Å². The molecule has 188 valence electrons. The van der Waals surface area contributed by atoms with Crippen LogP contribution in [0.4, 0.5) is 5.69 Å². The Morgan fingerprint density at radius 3 is 2.47 bits per heavy atom. The summed E-state index contributed by atoms with van der Waals surface area (Å²) in [7, 11) is 1.52. The number of aryl methyl sites for hydroxylation is 2. The van der Waals surface area contributed by atoms with Gasteiger partial charge in [-0.05, 0) is 61.7 Å². The first-order valence-electron chi connectivity index (χ1n) is 11.3. The Bertz CT molecular complexity index is 1250. The summed E-state index contributed by atoms with van der Waals surface area (Å²) in [6, 6.07) is 14.9. The second kappa shape index (κ2) is 12.6. The Kier molecular flexibility index (Phi) is 9.59. The predicted octanol–water partition coefficient (Wildman–Crippen LogP) is 5.21. The van der Waals surface area contributed by atoms with E-state index in [0.29, 0.717) is 38.1 Å². The zero-order valence-corrected chi connectivity index (χ0v) is 22.2. The van der Waals surface area contributed by atoms with Crippen LogP contribution < -0.4 is 10.6 Å². The fourth-order valence-electron chi connectivity index (χ4n) is 3.73. The SMILES string of the molecule is COCCOC(=O)C1=C(C)NC(SCC(=O)Nc2ccc(C)c(C)c2)=C(C#N)C1c1ccc(Cl)cc1. The average molecular weight is 526 g/mol. The topological polar surface area (TPSA) is 100 Å². The molecule has 0 radical (unpaired) electrons. The van der Waals surface area contributed by atoms with Crippen molar-refractivity contribution < 1.29 is 19.1 Å². The number of dihydropyridines is 1. The van der Waals surface area contributed by atoms with Crippen LogP contribution in [0, 0.1) is 25.2 Å². The molecule has 2 aromatic carbocycles. The molecule has 0 saturated carbocycles. The molecule has 0 aromatic heterocycles. The van der Waals surface area contributed by atoms with E-state index in [0.717, 1.165) is 11.1 Å². The van der Waals surface area contributed by atoms with Crippen molar-refractivity contribution in [2.75, 3.05) is 31.4 Å². The summed E-state index contributed by atoms with van der Waals surface area (Å²) >= 11 is 7.28. The minimum atomic E-state index is -0.672. The number of carbonyl (C=O) groups is 2. The molecule has 2 N–H and O–H groups in total. The smallest absolute Gasteiger partial charge is 0.336 e. The van der Waals surface area contributed by atoms with Crippen LogP contribution in [-0.2, 0) is 19.1 Å². The van der Waals surface area contributed by atoms with Gasteiger partial charge >= 0.3 is 5.97 Å². The molecule has 36 heavy (non-hydrogen) atoms. The number of hydrogen-bond acceptors (Lipinski definition) is 7. The molecule has 9 heteroatoms. The Balaban J connectivity index is 1.86. The number of thioether (sulfide) groups is 1. The van der Waals surface area contributed by atoms with E-state index in [2.05, 4.69) is 16.7 Å². The van der Waals surface area contributed by atoms with Gasteiger partial charge in [0.25, 0.3) is 0 Å². The van der Waals surface area contributed by atoms with Crippen LogP contribution in [-0.4, -0.2) is 38.0 Å². The van der Waals surface area contributed by atoms with Gasteiger partial charge in [0.2, 0.25) is 5.91 Å². The van der Waals surface area contributed by atoms with Gasteiger partial charge in [-0.2, -0.15) is 5.26 Å². The molecule has 1 aliphatic heterocycles. The van der Waals surface area contributed by atoms with Gasteiger partial charge in [0.1, 0.15) is 6.61 Å². The van der Waals surface area contributed by atoms with Crippen LogP contribution in [0.1, 0.15) is 29.5 Å². The summed E-state index contributed by atoms with van der Waals surface area (Å²) in [5, 5.41) is 17.2. The van der Waals surface area contributed by atoms with Gasteiger partial charge in [0, 0.05) is 23.5 Å². The number of nitrogens with zero attached hydrogens (tertiary/aromatic N) is 1. The lowest BCUT2D eigenvalue weighted by molar-refractivity contribution is -0.140. The summed E-state index contributed by atoms with van der Waals surface area (Å²) < 4.78 is 10.4. The van der Waals surface area contributed by atoms with E-state index in [9.17, 15) is 14.9 Å². The van der Waals surface area contributed by atoms with Gasteiger partial charge in [0.15, 0.2) is 0 Å². The number of benzene rings is 2. The molecule has 1 heterocycles. The summed E-state index contributed by atoms with van der Waals surface area (Å²) in [4.78, 5) is 25.7. The van der Waals surface area contributed by atoms with Gasteiger partial charge in [0.05, 0.1) is 40.5 Å². The number of esters is 1. The van der Waals surface area contributed by atoms with Crippen LogP contribution in [0.15, 0.2) is 64.3 Å². The van der Waals surface area contributed by atoms with Crippen molar-refractivity contribution >= 4 is 40.9 Å². The maximum absolute atomic E-state index is 13.0. The summed E-state index contributed by atoms with van der Waals surface area (Å²) in [5.41, 5.74) is 4.86. The largest absolute Gasteiger partial charge is 0.460 e. The fraction of sp³-hybridized carbons (Fsp3) is 0.296. The van der Waals surface area contributed by atoms with Gasteiger partial charge < -0.3 is 20.1 Å². The van der Waals surface area contributed by atoms with E-state index in [1.807, 2.05) is 32.0 Å². The fourth-order valence-corrected chi connectivity index (χ4v) is 4.75. The number of ether oxygens (including phenoxy) is 2. The van der Waals surface area contributed by atoms with Crippen LogP contribution in [0.2, 0.25) is 5.02 Å². The zero-order chi connectivity index (χ0) is 26.2. The van der Waals surface area contributed by atoms with Gasteiger partial charge in [-0.25, -0.2) is 4.79 Å². The molecule has 1 aliphatic rings. The normalized spacial score (nSPS) is 15.3. The number of nitrogens with one attached hydrogen (secondary N) is 2. The minimum Gasteiger partial charge on any atom is -0.460 e. The quantitative estimate of drug-likeness (QED) is 0.342. The van der Waals surface area contributed by atoms with Crippen molar-refractivity contribution in [2.24, 2.45) is 0 Å². The monoisotopic (exact) mass is 525 g/mol. The molecule has 0 bridgehead atoms. The third-order valence-electron chi connectivity index (χ3n) is 5.73. The highest BCUT2D eigenvalue weighted by Gasteiger charge is 2.35. The molecule has 3 rings (SSSR count). The number of halogens is 1. The first-order chi connectivity index (χ1) is 17.2. The second-order valence-corrected chi connectivity index (χ2v) is 9.69. The number of carbonyl (C=O) groups excluding carboxylic acids is 2. The molecule has 0 fully saturated rings. The maximum Gasteiger partial charge on any atom is 0.336 e. The highest BCUT2D eigenvalue weighted by atomic mass is 35.5. The van der Waals surface area contributed by atoms with E-state index < -0.39 is 11.9 Å². The lowest BCUT2D eigenvalue weighted by Crippen LogP contribution is -2.29. The van der Waals surface area contributed by atoms with Crippen molar-refractivity contribution in [1.82, 2.24) is 5.32 Å². The maximum atomic E-state index is 13.0. The lowest BCUT2D eigenvalue weighted by atomic mass is 9.82. The average Bonchev–Trinajstić information content (AvgIpc) is 2.85. The molecule has 1 atom stereocenters. The minimum absolute atomic E-state index is 0.0780. The lowest BCUT2D eigenvalue weighted by Gasteiger charge is -2.29. The summed E-state index contributed by atoms with van der Waals surface area (Å²) in [6.45, 7) is 6.09. The second-order valence-electron chi connectivity index (χ2n) is 8.27. The first kappa shape index (κ1) is 27.3. The molecule has 2 aromatic rings. The van der Waals surface area contributed by atoms with E-state index >= 15 is 0 Å². The van der Waals surface area contributed by atoms with Crippen LogP contribution in [0.25, 0.3) is 0 Å². The standard InChI is InChI=1S/C27H28ClN3O4S/c1-16-5-10-21(13-17(16)2)31-23(32)15-36-26-22(14-29)25(19-6-8-20(28)9-7-19)24(18(3)30-26)27(33)35-12-11-34-4/h5-10,13,25,30H,11-12,15H2,1-4H3,(H,31,32). The Morgan fingerprint density at radius 1 is 1.11 bits per heavy atom. The Hall–Kier alpha value is -3.25. The Labute approximate surface area is 220 Å². The van der Waals surface area contributed by atoms with E-state index in [1.165, 1.54) is 18.9 Å². The number of rotatable bonds is 9. The van der Waals surface area contributed by atoms with Gasteiger partial charge in [-0.15, -0.1) is 0 Å². The van der Waals surface area contributed by atoms with Gasteiger partial charge in [-0.3, -0.25) is 4.79 Å². The highest BCUT2D eigenvalue weighted by molar-refractivity contribution is 8.03. The van der Waals surface area contributed by atoms with Crippen molar-refractivity contribution in [3.05, 3.63) is 86.0 Å². The number of allylic oxidation sites excluding steroid dienone is 2. The molecule has 0 spiro atoms. The van der Waals surface area contributed by atoms with Crippen molar-refractivity contribution in [3.63, 3.8) is 0 Å². The van der Waals surface area contributed by atoms with Crippen molar-refractivity contribution in [1.29, 1.82) is 5.26 Å². The molecule has 0 saturated heterocycles. The number of hydrogen-bond donors (Lipinski definition) is 2. The molecular formula is C27H28ClN3O4S. The van der Waals surface area contributed by atoms with E-state index in [-0.39, 0.29) is 24.9 Å². The molecule has 1 unspecified atom stereocenters. The summed E-state index contributed by atoms with van der Waals surface area (Å²) in [6.07, 6.45) is 0. The van der Waals surface area contributed by atoms with Crippen LogP contribution in [0.5, 0.6) is 0 Å². The predicted molar refractivity (Wildman–Crippen MR) is 143 cm³/mol. The van der Waals surface area contributed by atoms with Gasteiger partial charge in [-0.1, -0.05) is 41.6 Å². The molecular weight excluding hydrogens is 498 g/mol. The number of nitriles is 1. The number of methoxy groups -OCH3 is 1. The van der Waals surface area contributed by atoms with Crippen molar-refractivity contribution in [3.8, 4) is 6.07 Å². The molecule has 7 nitrogen and oxygen atoms in total. The number of anilines is 1. The zero-order valence-electron chi connectivity index (χ0n) is 20.6. The Morgan fingerprint density at radius 2 is 1.83 bits per heavy atom. The first-order valence-corrected chi connectivity index (χ1v) is 12.6. The molecule has 1 amide bonds.